The predicted molar refractivity (Wildman–Crippen MR) is 117 cm³/mol. The average molecular weight is 465 g/mol. The second-order valence-corrected chi connectivity index (χ2v) is 10.8. The number of nitrogens with zero attached hydrogens (tertiary/aromatic N) is 3. The number of hydrogen-bond acceptors (Lipinski definition) is 8. The molecule has 0 saturated carbocycles. The standard InChI is InChI=1S/C19H20N4O4S3/c1-13(29-19-16-6-11-28-18(16)20-12-21-19)17(24)22-14-2-4-15(5-3-14)30(25,26)23-7-9-27-10-8-23/h2-6,11-13H,7-10H2,1H3,(H,22,24)/t13-/m0/s1. The number of nitrogens with one attached hydrogen (secondary N) is 1. The van der Waals surface area contributed by atoms with Crippen molar-refractivity contribution in [1.29, 1.82) is 0 Å². The molecule has 0 bridgehead atoms. The maximum atomic E-state index is 12.7. The Balaban J connectivity index is 1.41. The quantitative estimate of drug-likeness (QED) is 0.442. The van der Waals surface area contributed by atoms with Crippen LogP contribution in [-0.2, 0) is 19.6 Å². The SMILES string of the molecule is C[C@H](Sc1ncnc2sccc12)C(=O)Nc1ccc(S(=O)(=O)N2CCOCC2)cc1. The summed E-state index contributed by atoms with van der Waals surface area (Å²) >= 11 is 2.89. The van der Waals surface area contributed by atoms with Crippen molar-refractivity contribution in [3.63, 3.8) is 0 Å². The number of thiophene rings is 1. The Bertz CT molecular complexity index is 1140. The van der Waals surface area contributed by atoms with Crippen molar-refractivity contribution in [3.05, 3.63) is 42.0 Å². The van der Waals surface area contributed by atoms with Gasteiger partial charge in [0.1, 0.15) is 16.2 Å². The highest BCUT2D eigenvalue weighted by Gasteiger charge is 2.26. The van der Waals surface area contributed by atoms with Crippen LogP contribution in [0.15, 0.2) is 52.0 Å². The van der Waals surface area contributed by atoms with Crippen LogP contribution >= 0.6 is 23.1 Å². The number of anilines is 1. The lowest BCUT2D eigenvalue weighted by Gasteiger charge is -2.26. The largest absolute Gasteiger partial charge is 0.379 e. The highest BCUT2D eigenvalue weighted by molar-refractivity contribution is 8.00. The number of morpholine rings is 1. The molecule has 1 aliphatic rings. The van der Waals surface area contributed by atoms with E-state index < -0.39 is 10.0 Å². The second-order valence-electron chi connectivity index (χ2n) is 6.61. The molecule has 158 valence electrons. The molecular formula is C19H20N4O4S3. The van der Waals surface area contributed by atoms with Gasteiger partial charge in [-0.2, -0.15) is 4.31 Å². The Hall–Kier alpha value is -2.05. The third kappa shape index (κ3) is 4.49. The Morgan fingerprint density at radius 3 is 2.67 bits per heavy atom. The van der Waals surface area contributed by atoms with Crippen molar-refractivity contribution in [2.75, 3.05) is 31.6 Å². The van der Waals surface area contributed by atoms with Gasteiger partial charge in [0, 0.05) is 24.2 Å². The van der Waals surface area contributed by atoms with Crippen LogP contribution in [0.5, 0.6) is 0 Å². The van der Waals surface area contributed by atoms with Gasteiger partial charge in [0.05, 0.1) is 23.4 Å². The number of fused-ring (bicyclic) bond motifs is 1. The number of carbonyl (C=O) groups excluding carboxylic acids is 1. The minimum absolute atomic E-state index is 0.189. The molecule has 2 aromatic heterocycles. The van der Waals surface area contributed by atoms with Gasteiger partial charge in [-0.1, -0.05) is 11.8 Å². The van der Waals surface area contributed by atoms with Crippen molar-refractivity contribution in [1.82, 2.24) is 14.3 Å². The molecule has 4 rings (SSSR count). The van der Waals surface area contributed by atoms with Gasteiger partial charge in [-0.25, -0.2) is 18.4 Å². The normalized spacial score (nSPS) is 16.4. The molecule has 3 heterocycles. The molecule has 1 atom stereocenters. The van der Waals surface area contributed by atoms with Crippen molar-refractivity contribution >= 4 is 54.9 Å². The lowest BCUT2D eigenvalue weighted by molar-refractivity contribution is -0.115. The molecular weight excluding hydrogens is 444 g/mol. The maximum absolute atomic E-state index is 12.7. The zero-order valence-corrected chi connectivity index (χ0v) is 18.6. The van der Waals surface area contributed by atoms with Gasteiger partial charge in [0.25, 0.3) is 0 Å². The minimum Gasteiger partial charge on any atom is -0.379 e. The fourth-order valence-electron chi connectivity index (χ4n) is 2.97. The number of ether oxygens (including phenoxy) is 1. The van der Waals surface area contributed by atoms with E-state index in [1.54, 1.807) is 19.1 Å². The van der Waals surface area contributed by atoms with E-state index in [1.807, 2.05) is 11.4 Å². The highest BCUT2D eigenvalue weighted by atomic mass is 32.2. The Labute approximate surface area is 182 Å². The number of amides is 1. The summed E-state index contributed by atoms with van der Waals surface area (Å²) in [6, 6.07) is 8.17. The van der Waals surface area contributed by atoms with Crippen LogP contribution in [0.4, 0.5) is 5.69 Å². The molecule has 30 heavy (non-hydrogen) atoms. The van der Waals surface area contributed by atoms with Gasteiger partial charge in [-0.3, -0.25) is 4.79 Å². The molecule has 0 spiro atoms. The van der Waals surface area contributed by atoms with Crippen molar-refractivity contribution in [2.45, 2.75) is 22.1 Å². The molecule has 1 aromatic carbocycles. The summed E-state index contributed by atoms with van der Waals surface area (Å²) in [7, 11) is -3.56. The number of thioether (sulfide) groups is 1. The van der Waals surface area contributed by atoms with E-state index in [-0.39, 0.29) is 16.1 Å². The van der Waals surface area contributed by atoms with Crippen LogP contribution in [0, 0.1) is 0 Å². The lowest BCUT2D eigenvalue weighted by Crippen LogP contribution is -2.40. The van der Waals surface area contributed by atoms with E-state index in [1.165, 1.54) is 45.9 Å². The van der Waals surface area contributed by atoms with Crippen LogP contribution in [0.2, 0.25) is 0 Å². The van der Waals surface area contributed by atoms with Gasteiger partial charge in [0.2, 0.25) is 15.9 Å². The van der Waals surface area contributed by atoms with Crippen LogP contribution in [0.3, 0.4) is 0 Å². The highest BCUT2D eigenvalue weighted by Crippen LogP contribution is 2.30. The summed E-state index contributed by atoms with van der Waals surface area (Å²) in [5.74, 6) is -0.189. The molecule has 0 unspecified atom stereocenters. The number of hydrogen-bond donors (Lipinski definition) is 1. The minimum atomic E-state index is -3.56. The molecule has 11 heteroatoms. The molecule has 3 aromatic rings. The third-order valence-corrected chi connectivity index (χ3v) is 8.46. The summed E-state index contributed by atoms with van der Waals surface area (Å²) in [4.78, 5) is 22.2. The monoisotopic (exact) mass is 464 g/mol. The Morgan fingerprint density at radius 1 is 1.20 bits per heavy atom. The summed E-state index contributed by atoms with van der Waals surface area (Å²) in [6.07, 6.45) is 1.50. The molecule has 1 saturated heterocycles. The molecule has 1 aliphatic heterocycles. The topological polar surface area (TPSA) is 101 Å². The van der Waals surface area contributed by atoms with Gasteiger partial charge >= 0.3 is 0 Å². The van der Waals surface area contributed by atoms with E-state index in [2.05, 4.69) is 15.3 Å². The summed E-state index contributed by atoms with van der Waals surface area (Å²) in [6.45, 7) is 3.28. The van der Waals surface area contributed by atoms with Gasteiger partial charge in [-0.15, -0.1) is 11.3 Å². The number of rotatable bonds is 6. The molecule has 0 radical (unpaired) electrons. The summed E-state index contributed by atoms with van der Waals surface area (Å²) in [5.41, 5.74) is 0.539. The first kappa shape index (κ1) is 21.2. The van der Waals surface area contributed by atoms with Gasteiger partial charge in [-0.05, 0) is 42.6 Å². The Kier molecular flexibility index (Phi) is 6.34. The van der Waals surface area contributed by atoms with Crippen LogP contribution in [0.25, 0.3) is 10.2 Å². The fourth-order valence-corrected chi connectivity index (χ4v) is 6.08. The lowest BCUT2D eigenvalue weighted by atomic mass is 10.3. The van der Waals surface area contributed by atoms with E-state index in [9.17, 15) is 13.2 Å². The van der Waals surface area contributed by atoms with E-state index in [0.29, 0.717) is 32.0 Å². The number of benzene rings is 1. The zero-order chi connectivity index (χ0) is 21.1. The molecule has 0 aliphatic carbocycles. The van der Waals surface area contributed by atoms with Crippen molar-refractivity contribution in [3.8, 4) is 0 Å². The van der Waals surface area contributed by atoms with Gasteiger partial charge in [0.15, 0.2) is 0 Å². The van der Waals surface area contributed by atoms with E-state index in [4.69, 9.17) is 4.74 Å². The second kappa shape index (κ2) is 8.98. The molecule has 8 nitrogen and oxygen atoms in total. The average Bonchev–Trinajstić information content (AvgIpc) is 3.25. The fraction of sp³-hybridized carbons (Fsp3) is 0.316. The van der Waals surface area contributed by atoms with E-state index >= 15 is 0 Å². The number of aromatic nitrogens is 2. The first-order valence-corrected chi connectivity index (χ1v) is 12.5. The first-order chi connectivity index (χ1) is 14.4. The summed E-state index contributed by atoms with van der Waals surface area (Å²) < 4.78 is 32.0. The third-order valence-electron chi connectivity index (χ3n) is 4.61. The van der Waals surface area contributed by atoms with Crippen molar-refractivity contribution in [2.24, 2.45) is 0 Å². The first-order valence-electron chi connectivity index (χ1n) is 9.29. The van der Waals surface area contributed by atoms with Crippen molar-refractivity contribution < 1.29 is 17.9 Å². The van der Waals surface area contributed by atoms with Crippen LogP contribution in [-0.4, -0.2) is 60.2 Å². The Morgan fingerprint density at radius 2 is 1.93 bits per heavy atom. The number of sulfonamides is 1. The van der Waals surface area contributed by atoms with Crippen LogP contribution in [0.1, 0.15) is 6.92 Å². The smallest absolute Gasteiger partial charge is 0.243 e. The zero-order valence-electron chi connectivity index (χ0n) is 16.1. The summed E-state index contributed by atoms with van der Waals surface area (Å²) in [5, 5.41) is 6.08. The van der Waals surface area contributed by atoms with Crippen LogP contribution < -0.4 is 5.32 Å². The van der Waals surface area contributed by atoms with Gasteiger partial charge < -0.3 is 10.1 Å². The molecule has 1 N–H and O–H groups in total. The predicted octanol–water partition coefficient (Wildman–Crippen LogP) is 2.83. The maximum Gasteiger partial charge on any atom is 0.243 e. The van der Waals surface area contributed by atoms with E-state index in [0.717, 1.165) is 15.2 Å². The molecule has 1 fully saturated rings. The number of carbonyl (C=O) groups is 1. The molecule has 1 amide bonds.